The van der Waals surface area contributed by atoms with Crippen molar-refractivity contribution in [1.29, 1.82) is 0 Å². The van der Waals surface area contributed by atoms with Crippen LogP contribution in [-0.4, -0.2) is 68.8 Å². The summed E-state index contributed by atoms with van der Waals surface area (Å²) in [5.74, 6) is 0.158. The molecule has 0 aliphatic heterocycles. The van der Waals surface area contributed by atoms with Crippen LogP contribution in [0.3, 0.4) is 0 Å². The number of rotatable bonds is 20. The van der Waals surface area contributed by atoms with Gasteiger partial charge in [-0.05, 0) is 85.3 Å². The maximum absolute atomic E-state index is 11.5. The van der Waals surface area contributed by atoms with Crippen LogP contribution in [-0.2, 0) is 33.1 Å². The summed E-state index contributed by atoms with van der Waals surface area (Å²) in [5.41, 5.74) is 2.29. The summed E-state index contributed by atoms with van der Waals surface area (Å²) >= 11 is 0. The van der Waals surface area contributed by atoms with Crippen LogP contribution in [0.25, 0.3) is 0 Å². The second-order valence-electron chi connectivity index (χ2n) is 12.7. The maximum atomic E-state index is 11.5. The van der Waals surface area contributed by atoms with Crippen molar-refractivity contribution in [3.8, 4) is 34.5 Å². The van der Waals surface area contributed by atoms with E-state index in [9.17, 15) is 31.6 Å². The van der Waals surface area contributed by atoms with Crippen LogP contribution >= 0.6 is 0 Å². The number of phenolic OH excluding ortho intramolecular Hbond substituents is 1. The van der Waals surface area contributed by atoms with E-state index in [0.717, 1.165) is 55.0 Å². The van der Waals surface area contributed by atoms with E-state index >= 15 is 0 Å². The topological polar surface area (TPSA) is 173 Å². The van der Waals surface area contributed by atoms with Gasteiger partial charge in [-0.1, -0.05) is 114 Å². The van der Waals surface area contributed by atoms with Gasteiger partial charge in [0.1, 0.15) is 43.8 Å². The van der Waals surface area contributed by atoms with Crippen LogP contribution in [0.1, 0.15) is 102 Å². The smallest absolute Gasteiger partial charge is 0.872 e. The zero-order valence-electron chi connectivity index (χ0n) is 30.7. The summed E-state index contributed by atoms with van der Waals surface area (Å²) < 4.78 is 76.3. The minimum atomic E-state index is -4.82. The molecule has 4 rings (SSSR count). The van der Waals surface area contributed by atoms with Gasteiger partial charge in [0.15, 0.2) is 0 Å². The van der Waals surface area contributed by atoms with Gasteiger partial charge in [-0.25, -0.2) is 8.42 Å². The molecule has 0 bridgehead atoms. The van der Waals surface area contributed by atoms with E-state index in [-0.39, 0.29) is 49.2 Å². The van der Waals surface area contributed by atoms with Crippen molar-refractivity contribution in [2.24, 2.45) is 0 Å². The molecule has 0 aliphatic carbocycles. The Balaban J connectivity index is 0.000000360. The van der Waals surface area contributed by atoms with Crippen LogP contribution in [0.5, 0.6) is 34.5 Å². The quantitative estimate of drug-likeness (QED) is 0.0499. The molecule has 0 saturated carbocycles. The van der Waals surface area contributed by atoms with Crippen LogP contribution in [0, 0.1) is 0 Å². The van der Waals surface area contributed by atoms with Crippen LogP contribution in [0.4, 0.5) is 0 Å². The molecule has 4 aromatic carbocycles. The monoisotopic (exact) mass is 794 g/mol. The van der Waals surface area contributed by atoms with Crippen molar-refractivity contribution in [3.63, 3.8) is 0 Å². The first-order valence-electron chi connectivity index (χ1n) is 17.9. The number of benzene rings is 4. The predicted molar refractivity (Wildman–Crippen MR) is 205 cm³/mol. The van der Waals surface area contributed by atoms with Crippen molar-refractivity contribution < 1.29 is 45.6 Å². The summed E-state index contributed by atoms with van der Waals surface area (Å²) in [5, 5.41) is 21.1. The number of ether oxygens (including phenoxy) is 2. The molecule has 0 aromatic heterocycles. The van der Waals surface area contributed by atoms with E-state index in [4.69, 9.17) is 14.0 Å². The van der Waals surface area contributed by atoms with Crippen molar-refractivity contribution in [2.75, 3.05) is 0 Å². The third kappa shape index (κ3) is 17.4. The standard InChI is InChI=1S/2C20H26O5S.Ca/c2*1-2-3-4-5-6-7-9-16-10-8-11-17(14-16)25-18-12-13-19(21)20(15-18)26(22,23)24;/h2*8,10-15,21H,2-7,9H2,1H3,(H,22,23,24);/q;;+2/p-2. The van der Waals surface area contributed by atoms with Gasteiger partial charge in [0, 0.05) is 6.07 Å². The second-order valence-corrected chi connectivity index (χ2v) is 15.4. The largest absolute Gasteiger partial charge is 2.00 e. The molecule has 0 heterocycles. The number of aromatic hydroxyl groups is 1. The van der Waals surface area contributed by atoms with E-state index in [0.29, 0.717) is 11.5 Å². The van der Waals surface area contributed by atoms with E-state index in [1.165, 1.54) is 82.4 Å². The zero-order chi connectivity index (χ0) is 38.0. The van der Waals surface area contributed by atoms with Gasteiger partial charge in [-0.3, -0.25) is 4.55 Å². The number of unbranched alkanes of at least 4 members (excludes halogenated alkanes) is 10. The van der Waals surface area contributed by atoms with Crippen molar-refractivity contribution >= 4 is 58.0 Å². The Morgan fingerprint density at radius 3 is 1.43 bits per heavy atom. The molecule has 0 unspecified atom stereocenters. The van der Waals surface area contributed by atoms with E-state index in [2.05, 4.69) is 13.8 Å². The Kier molecular flexibility index (Phi) is 20.8. The zero-order valence-corrected chi connectivity index (χ0v) is 34.5. The summed E-state index contributed by atoms with van der Waals surface area (Å²) in [6.45, 7) is 4.41. The van der Waals surface area contributed by atoms with Gasteiger partial charge in [-0.2, -0.15) is 8.42 Å². The SMILES string of the molecule is CCCCCCCCc1cccc(Oc2ccc(O)c(S(=O)(=O)O)c2)c1.CCCCCCCCc1cccc(Oc2ccc([O-])c(S(=O)(=O)[O-])c2)c1.[Ca+2]. The minimum absolute atomic E-state index is 0. The average Bonchev–Trinajstić information content (AvgIpc) is 3.09. The molecule has 0 saturated heterocycles. The van der Waals surface area contributed by atoms with E-state index < -0.39 is 41.5 Å². The number of hydrogen-bond acceptors (Lipinski definition) is 9. The molecule has 4 aromatic rings. The molecular weight excluding hydrogens is 745 g/mol. The van der Waals surface area contributed by atoms with Crippen molar-refractivity contribution in [2.45, 2.75) is 114 Å². The average molecular weight is 795 g/mol. The first-order valence-corrected chi connectivity index (χ1v) is 20.8. The Morgan fingerprint density at radius 2 is 0.981 bits per heavy atom. The fraction of sp³-hybridized carbons (Fsp3) is 0.400. The van der Waals surface area contributed by atoms with Gasteiger partial charge < -0.3 is 24.2 Å². The molecule has 284 valence electrons. The number of phenols is 1. The van der Waals surface area contributed by atoms with Gasteiger partial charge in [0.05, 0.1) is 4.90 Å². The third-order valence-corrected chi connectivity index (χ3v) is 10.0. The molecule has 0 atom stereocenters. The molecular formula is C40H50CaO10S2. The summed E-state index contributed by atoms with van der Waals surface area (Å²) in [4.78, 5) is -1.36. The molecule has 0 radical (unpaired) electrons. The molecule has 13 heteroatoms. The number of aryl methyl sites for hydroxylation is 2. The number of hydrogen-bond donors (Lipinski definition) is 2. The third-order valence-electron chi connectivity index (χ3n) is 8.30. The molecule has 0 amide bonds. The minimum Gasteiger partial charge on any atom is -0.872 e. The van der Waals surface area contributed by atoms with Gasteiger partial charge in [0.25, 0.3) is 10.1 Å². The summed E-state index contributed by atoms with van der Waals surface area (Å²) in [7, 11) is -9.33. The van der Waals surface area contributed by atoms with Crippen LogP contribution in [0.15, 0.2) is 94.7 Å². The van der Waals surface area contributed by atoms with Gasteiger partial charge in [0.2, 0.25) is 0 Å². The first-order chi connectivity index (χ1) is 24.8. The predicted octanol–water partition coefficient (Wildman–Crippen LogP) is 9.31. The summed E-state index contributed by atoms with van der Waals surface area (Å²) in [6.07, 6.45) is 16.7. The van der Waals surface area contributed by atoms with Gasteiger partial charge >= 0.3 is 37.7 Å². The summed E-state index contributed by atoms with van der Waals surface area (Å²) in [6, 6.07) is 22.3. The Hall–Kier alpha value is -2.84. The Labute approximate surface area is 345 Å². The first kappa shape index (κ1) is 46.3. The van der Waals surface area contributed by atoms with Crippen LogP contribution in [0.2, 0.25) is 0 Å². The van der Waals surface area contributed by atoms with E-state index in [1.807, 2.05) is 36.4 Å². The Morgan fingerprint density at radius 1 is 0.566 bits per heavy atom. The molecule has 0 aliphatic rings. The maximum Gasteiger partial charge on any atom is 2.00 e. The van der Waals surface area contributed by atoms with E-state index in [1.54, 1.807) is 12.1 Å². The molecule has 53 heavy (non-hydrogen) atoms. The van der Waals surface area contributed by atoms with Crippen LogP contribution < -0.4 is 14.6 Å². The van der Waals surface area contributed by atoms with Gasteiger partial charge in [-0.15, -0.1) is 0 Å². The molecule has 0 spiro atoms. The normalized spacial score (nSPS) is 11.2. The molecule has 10 nitrogen and oxygen atoms in total. The Bertz CT molecular complexity index is 1780. The van der Waals surface area contributed by atoms with Crippen molar-refractivity contribution in [3.05, 3.63) is 96.1 Å². The second kappa shape index (κ2) is 23.8. The fourth-order valence-electron chi connectivity index (χ4n) is 5.53. The fourth-order valence-corrected chi connectivity index (χ4v) is 6.70. The molecule has 0 fully saturated rings. The van der Waals surface area contributed by atoms with Crippen molar-refractivity contribution in [1.82, 2.24) is 0 Å². The molecule has 2 N–H and O–H groups in total.